The maximum absolute atomic E-state index is 14.1. The van der Waals surface area contributed by atoms with Crippen molar-refractivity contribution < 1.29 is 35.5 Å². The van der Waals surface area contributed by atoms with Gasteiger partial charge >= 0.3 is 6.18 Å². The van der Waals surface area contributed by atoms with Gasteiger partial charge in [-0.15, -0.1) is 0 Å². The van der Waals surface area contributed by atoms with Gasteiger partial charge < -0.3 is 13.9 Å². The van der Waals surface area contributed by atoms with Crippen molar-refractivity contribution in [2.75, 3.05) is 18.1 Å². The Kier molecular flexibility index (Phi) is 11.3. The van der Waals surface area contributed by atoms with Gasteiger partial charge in [0.15, 0.2) is 18.2 Å². The number of ether oxygens (including phenoxy) is 2. The Morgan fingerprint density at radius 2 is 1.39 bits per heavy atom. The minimum absolute atomic E-state index is 0.00622. The fourth-order valence-electron chi connectivity index (χ4n) is 5.03. The van der Waals surface area contributed by atoms with E-state index in [4.69, 9.17) is 37.1 Å². The van der Waals surface area contributed by atoms with Gasteiger partial charge in [-0.1, -0.05) is 80.4 Å². The van der Waals surface area contributed by atoms with Crippen LogP contribution in [0.3, 0.4) is 0 Å². The van der Waals surface area contributed by atoms with Crippen molar-refractivity contribution in [2.45, 2.75) is 82.2 Å². The lowest BCUT2D eigenvalue weighted by Gasteiger charge is -2.38. The molecule has 0 aliphatic carbocycles. The van der Waals surface area contributed by atoms with E-state index in [0.717, 1.165) is 11.1 Å². The molecule has 0 spiro atoms. The van der Waals surface area contributed by atoms with Crippen LogP contribution >= 0.6 is 23.2 Å². The summed E-state index contributed by atoms with van der Waals surface area (Å²) in [6.07, 6.45) is -4.71. The van der Waals surface area contributed by atoms with E-state index in [1.807, 2.05) is 69.3 Å². The SMILES string of the molecule is CC(C)(C)[Si](C)(C)OC1(C(F)(F)F)OC1Cc1ccc(OCCS(=O)(=O)CCCC(c2ccc(Cl)cc2)c2ccc(Cl)cc2)cc1. The van der Waals surface area contributed by atoms with Crippen LogP contribution in [0, 0.1) is 0 Å². The van der Waals surface area contributed by atoms with Crippen LogP contribution in [-0.2, 0) is 25.4 Å². The van der Waals surface area contributed by atoms with Gasteiger partial charge in [-0.2, -0.15) is 13.2 Å². The molecule has 0 bridgehead atoms. The van der Waals surface area contributed by atoms with Crippen molar-refractivity contribution in [3.8, 4) is 5.75 Å². The lowest BCUT2D eigenvalue weighted by atomic mass is 9.88. The van der Waals surface area contributed by atoms with Gasteiger partial charge in [-0.25, -0.2) is 8.42 Å². The van der Waals surface area contributed by atoms with Crippen LogP contribution in [0.1, 0.15) is 56.2 Å². The Morgan fingerprint density at radius 3 is 1.87 bits per heavy atom. The molecule has 12 heteroatoms. The second-order valence-corrected chi connectivity index (χ2v) is 21.2. The molecule has 3 aromatic carbocycles. The average Bonchev–Trinajstić information content (AvgIpc) is 3.65. The molecule has 0 saturated carbocycles. The van der Waals surface area contributed by atoms with Gasteiger partial charge in [0.05, 0.1) is 11.5 Å². The number of hydrogen-bond acceptors (Lipinski definition) is 5. The van der Waals surface area contributed by atoms with E-state index >= 15 is 0 Å². The predicted molar refractivity (Wildman–Crippen MR) is 180 cm³/mol. The first-order valence-electron chi connectivity index (χ1n) is 15.2. The summed E-state index contributed by atoms with van der Waals surface area (Å²) in [7, 11) is -6.15. The van der Waals surface area contributed by atoms with Crippen molar-refractivity contribution in [2.24, 2.45) is 0 Å². The first kappa shape index (κ1) is 36.7. The molecule has 46 heavy (non-hydrogen) atoms. The normalized spacial score (nSPS) is 19.0. The summed E-state index contributed by atoms with van der Waals surface area (Å²) in [6.45, 7) is 9.14. The van der Waals surface area contributed by atoms with Crippen LogP contribution < -0.4 is 4.74 Å². The van der Waals surface area contributed by atoms with E-state index in [2.05, 4.69) is 0 Å². The molecule has 1 saturated heterocycles. The molecule has 252 valence electrons. The summed E-state index contributed by atoms with van der Waals surface area (Å²) in [4.78, 5) is 0. The van der Waals surface area contributed by atoms with E-state index in [0.29, 0.717) is 34.2 Å². The Bertz CT molecular complexity index is 1510. The molecule has 2 atom stereocenters. The van der Waals surface area contributed by atoms with Crippen molar-refractivity contribution in [1.29, 1.82) is 0 Å². The average molecular weight is 718 g/mol. The predicted octanol–water partition coefficient (Wildman–Crippen LogP) is 9.62. The van der Waals surface area contributed by atoms with E-state index < -0.39 is 41.3 Å². The van der Waals surface area contributed by atoms with E-state index in [9.17, 15) is 21.6 Å². The van der Waals surface area contributed by atoms with Gasteiger partial charge in [0.25, 0.3) is 5.79 Å². The van der Waals surface area contributed by atoms with Crippen LogP contribution in [0.4, 0.5) is 13.2 Å². The molecular weight excluding hydrogens is 676 g/mol. The third kappa shape index (κ3) is 9.29. The van der Waals surface area contributed by atoms with Crippen LogP contribution in [0.5, 0.6) is 5.75 Å². The Balaban J connectivity index is 1.27. The molecule has 0 radical (unpaired) electrons. The third-order valence-corrected chi connectivity index (χ3v) is 15.4. The summed E-state index contributed by atoms with van der Waals surface area (Å²) in [6, 6.07) is 21.6. The Labute approximate surface area is 281 Å². The molecular formula is C34H41Cl2F3O5SSi. The van der Waals surface area contributed by atoms with E-state index in [1.54, 1.807) is 37.4 Å². The molecule has 3 aromatic rings. The van der Waals surface area contributed by atoms with E-state index in [-0.39, 0.29) is 30.5 Å². The zero-order valence-electron chi connectivity index (χ0n) is 26.7. The zero-order valence-corrected chi connectivity index (χ0v) is 30.0. The number of sulfone groups is 1. The summed E-state index contributed by atoms with van der Waals surface area (Å²) >= 11 is 12.1. The number of rotatable bonds is 14. The highest BCUT2D eigenvalue weighted by atomic mass is 35.5. The van der Waals surface area contributed by atoms with Crippen LogP contribution in [0.15, 0.2) is 72.8 Å². The van der Waals surface area contributed by atoms with Gasteiger partial charge in [0, 0.05) is 22.4 Å². The number of benzene rings is 3. The maximum atomic E-state index is 14.1. The van der Waals surface area contributed by atoms with Crippen molar-refractivity contribution in [3.05, 3.63) is 99.5 Å². The molecule has 5 nitrogen and oxygen atoms in total. The van der Waals surface area contributed by atoms with Gasteiger partial charge in [0.1, 0.15) is 18.5 Å². The van der Waals surface area contributed by atoms with Gasteiger partial charge in [-0.05, 0) is 84.1 Å². The van der Waals surface area contributed by atoms with E-state index in [1.165, 1.54) is 0 Å². The van der Waals surface area contributed by atoms with Crippen LogP contribution in [0.25, 0.3) is 0 Å². The fraction of sp³-hybridized carbons (Fsp3) is 0.471. The van der Waals surface area contributed by atoms with Crippen LogP contribution in [-0.4, -0.2) is 52.9 Å². The smallest absolute Gasteiger partial charge is 0.445 e. The van der Waals surface area contributed by atoms with Crippen molar-refractivity contribution in [3.63, 3.8) is 0 Å². The molecule has 1 aliphatic rings. The molecule has 0 N–H and O–H groups in total. The summed E-state index contributed by atoms with van der Waals surface area (Å²) < 4.78 is 84.5. The lowest BCUT2D eigenvalue weighted by Crippen LogP contribution is -2.51. The Morgan fingerprint density at radius 1 is 0.870 bits per heavy atom. The van der Waals surface area contributed by atoms with Crippen molar-refractivity contribution >= 4 is 41.4 Å². The molecule has 1 aliphatic heterocycles. The lowest BCUT2D eigenvalue weighted by molar-refractivity contribution is -0.247. The first-order chi connectivity index (χ1) is 21.3. The highest BCUT2D eigenvalue weighted by molar-refractivity contribution is 7.91. The molecule has 0 amide bonds. The highest BCUT2D eigenvalue weighted by Crippen LogP contribution is 2.55. The molecule has 1 heterocycles. The number of alkyl halides is 3. The minimum atomic E-state index is -4.66. The van der Waals surface area contributed by atoms with Crippen molar-refractivity contribution in [1.82, 2.24) is 0 Å². The molecule has 2 unspecified atom stereocenters. The largest absolute Gasteiger partial charge is 0.493 e. The number of hydrogen-bond donors (Lipinski definition) is 0. The fourth-order valence-corrected chi connectivity index (χ4v) is 7.79. The number of epoxide rings is 1. The minimum Gasteiger partial charge on any atom is -0.493 e. The second-order valence-electron chi connectivity index (χ2n) is 13.3. The zero-order chi connectivity index (χ0) is 34.0. The van der Waals surface area contributed by atoms with Gasteiger partial charge in [-0.3, -0.25) is 0 Å². The molecule has 4 rings (SSSR count). The maximum Gasteiger partial charge on any atom is 0.445 e. The first-order valence-corrected chi connectivity index (χ1v) is 20.7. The summed E-state index contributed by atoms with van der Waals surface area (Å²) in [5.41, 5.74) is 2.71. The molecule has 1 fully saturated rings. The third-order valence-electron chi connectivity index (χ3n) is 8.79. The summed E-state index contributed by atoms with van der Waals surface area (Å²) in [5, 5.41) is 0.844. The van der Waals surface area contributed by atoms with Crippen LogP contribution in [0.2, 0.25) is 28.2 Å². The quantitative estimate of drug-likeness (QED) is 0.123. The monoisotopic (exact) mass is 716 g/mol. The summed E-state index contributed by atoms with van der Waals surface area (Å²) in [5.74, 6) is -2.33. The highest BCUT2D eigenvalue weighted by Gasteiger charge is 2.76. The molecule has 0 aromatic heterocycles. The Hall–Kier alpha value is -2.08. The second kappa shape index (κ2) is 14.2. The standard InChI is InChI=1S/C34H41Cl2F3O5SSi/c1-32(2,3)46(4,5)44-33(34(37,38)39)31(43-33)23-24-8-18-29(19-9-24)42-20-22-45(40,41)21-6-7-30(25-10-14-27(35)15-11-25)26-12-16-28(36)17-13-26/h8-19,30-31H,6-7,20-23H2,1-5H3. The topological polar surface area (TPSA) is 65.1 Å². The number of halogens is 5. The van der Waals surface area contributed by atoms with Gasteiger partial charge in [0.2, 0.25) is 0 Å².